The number of amides is 1. The molecule has 0 unspecified atom stereocenters. The number of aryl methyl sites for hydroxylation is 1. The Labute approximate surface area is 141 Å². The topological polar surface area (TPSA) is 39.7 Å². The van der Waals surface area contributed by atoms with Crippen LogP contribution in [0.25, 0.3) is 0 Å². The van der Waals surface area contributed by atoms with Gasteiger partial charge in [0.25, 0.3) is 11.8 Å². The van der Waals surface area contributed by atoms with Crippen LogP contribution in [-0.4, -0.2) is 83.9 Å². The second-order valence-corrected chi connectivity index (χ2v) is 7.18. The lowest BCUT2D eigenvalue weighted by Crippen LogP contribution is -2.63. The first-order valence-corrected chi connectivity index (χ1v) is 8.26. The summed E-state index contributed by atoms with van der Waals surface area (Å²) in [7, 11) is 3.79. The van der Waals surface area contributed by atoms with Gasteiger partial charge in [-0.3, -0.25) is 9.69 Å². The number of aromatic nitrogens is 1. The van der Waals surface area contributed by atoms with Crippen LogP contribution in [0.1, 0.15) is 22.6 Å². The standard InChI is InChI=1S/C17H24F2N4O/c1-12-5-4-6-15(20-12)16(24)22-9-14(10-22)23-11-17(18,19)7-13(23)8-21(2)3/h4-6,13-14H,7-11H2,1-3H3/t13-/m0/s1. The highest BCUT2D eigenvalue weighted by atomic mass is 19.3. The van der Waals surface area contributed by atoms with Crippen molar-refractivity contribution in [2.24, 2.45) is 0 Å². The average Bonchev–Trinajstić information content (AvgIpc) is 2.71. The SMILES string of the molecule is Cc1cccc(C(=O)N2CC(N3CC(F)(F)C[C@H]3CN(C)C)C2)n1. The summed E-state index contributed by atoms with van der Waals surface area (Å²) in [6.07, 6.45) is -0.102. The lowest BCUT2D eigenvalue weighted by Gasteiger charge is -2.46. The van der Waals surface area contributed by atoms with Gasteiger partial charge in [-0.1, -0.05) is 6.07 Å². The van der Waals surface area contributed by atoms with E-state index in [1.807, 2.05) is 36.9 Å². The van der Waals surface area contributed by atoms with Gasteiger partial charge in [0, 0.05) is 43.8 Å². The fraction of sp³-hybridized carbons (Fsp3) is 0.647. The van der Waals surface area contributed by atoms with Crippen LogP contribution in [-0.2, 0) is 0 Å². The van der Waals surface area contributed by atoms with Crippen LogP contribution in [0.15, 0.2) is 18.2 Å². The molecule has 132 valence electrons. The molecule has 0 N–H and O–H groups in total. The molecule has 1 amide bonds. The van der Waals surface area contributed by atoms with Crippen molar-refractivity contribution in [1.29, 1.82) is 0 Å². The van der Waals surface area contributed by atoms with Crippen molar-refractivity contribution in [3.63, 3.8) is 0 Å². The third kappa shape index (κ3) is 3.57. The Hall–Kier alpha value is -1.60. The first-order valence-electron chi connectivity index (χ1n) is 8.26. The number of likely N-dealkylation sites (tertiary alicyclic amines) is 2. The molecule has 0 bridgehead atoms. The number of rotatable bonds is 4. The van der Waals surface area contributed by atoms with E-state index < -0.39 is 5.92 Å². The number of pyridine rings is 1. The smallest absolute Gasteiger partial charge is 0.272 e. The van der Waals surface area contributed by atoms with Crippen molar-refractivity contribution in [1.82, 2.24) is 19.7 Å². The maximum atomic E-state index is 13.8. The van der Waals surface area contributed by atoms with Crippen molar-refractivity contribution in [2.45, 2.75) is 31.4 Å². The molecular weight excluding hydrogens is 314 g/mol. The van der Waals surface area contributed by atoms with E-state index in [4.69, 9.17) is 0 Å². The van der Waals surface area contributed by atoms with Gasteiger partial charge >= 0.3 is 0 Å². The summed E-state index contributed by atoms with van der Waals surface area (Å²) < 4.78 is 27.7. The molecule has 3 rings (SSSR count). The number of alkyl halides is 2. The zero-order chi connectivity index (χ0) is 17.5. The summed E-state index contributed by atoms with van der Waals surface area (Å²) in [4.78, 5) is 22.2. The Morgan fingerprint density at radius 2 is 2.08 bits per heavy atom. The van der Waals surface area contributed by atoms with E-state index in [1.165, 1.54) is 0 Å². The van der Waals surface area contributed by atoms with Gasteiger partial charge in [0.1, 0.15) is 5.69 Å². The predicted octanol–water partition coefficient (Wildman–Crippen LogP) is 1.49. The molecule has 1 aromatic heterocycles. The lowest BCUT2D eigenvalue weighted by atomic mass is 10.0. The van der Waals surface area contributed by atoms with Crippen LogP contribution >= 0.6 is 0 Å². The number of halogens is 2. The third-order valence-corrected chi connectivity index (χ3v) is 4.72. The van der Waals surface area contributed by atoms with Gasteiger partial charge in [0.2, 0.25) is 0 Å². The minimum absolute atomic E-state index is 0.0112. The molecule has 2 aliphatic rings. The van der Waals surface area contributed by atoms with E-state index in [1.54, 1.807) is 17.0 Å². The number of carbonyl (C=O) groups is 1. The maximum Gasteiger partial charge on any atom is 0.272 e. The molecule has 0 aliphatic carbocycles. The van der Waals surface area contributed by atoms with Gasteiger partial charge < -0.3 is 9.80 Å². The maximum absolute atomic E-state index is 13.8. The quantitative estimate of drug-likeness (QED) is 0.834. The van der Waals surface area contributed by atoms with Gasteiger partial charge in [-0.05, 0) is 33.2 Å². The molecule has 2 saturated heterocycles. The molecular formula is C17H24F2N4O. The summed E-state index contributed by atoms with van der Waals surface area (Å²) in [5, 5.41) is 0. The van der Waals surface area contributed by atoms with Crippen molar-refractivity contribution in [3.8, 4) is 0 Å². The number of carbonyl (C=O) groups excluding carboxylic acids is 1. The minimum Gasteiger partial charge on any atom is -0.334 e. The normalized spacial score (nSPS) is 24.4. The zero-order valence-corrected chi connectivity index (χ0v) is 14.4. The van der Waals surface area contributed by atoms with E-state index in [9.17, 15) is 13.6 Å². The first kappa shape index (κ1) is 17.2. The fourth-order valence-corrected chi connectivity index (χ4v) is 3.60. The van der Waals surface area contributed by atoms with Crippen LogP contribution in [0.5, 0.6) is 0 Å². The van der Waals surface area contributed by atoms with Gasteiger partial charge in [-0.15, -0.1) is 0 Å². The molecule has 2 aliphatic heterocycles. The second-order valence-electron chi connectivity index (χ2n) is 7.18. The lowest BCUT2D eigenvalue weighted by molar-refractivity contribution is -0.0116. The number of likely N-dealkylation sites (N-methyl/N-ethyl adjacent to an activating group) is 1. The summed E-state index contributed by atoms with van der Waals surface area (Å²) in [5.41, 5.74) is 1.22. The molecule has 0 radical (unpaired) electrons. The summed E-state index contributed by atoms with van der Waals surface area (Å²) in [5.74, 6) is -2.76. The fourth-order valence-electron chi connectivity index (χ4n) is 3.60. The van der Waals surface area contributed by atoms with E-state index in [0.29, 0.717) is 25.3 Å². The van der Waals surface area contributed by atoms with Crippen molar-refractivity contribution in [2.75, 3.05) is 40.3 Å². The minimum atomic E-state index is -2.64. The first-order chi connectivity index (χ1) is 11.2. The molecule has 24 heavy (non-hydrogen) atoms. The molecule has 0 saturated carbocycles. The van der Waals surface area contributed by atoms with Gasteiger partial charge in [-0.2, -0.15) is 0 Å². The Balaban J connectivity index is 1.61. The average molecular weight is 338 g/mol. The molecule has 2 fully saturated rings. The second kappa shape index (κ2) is 6.37. The largest absolute Gasteiger partial charge is 0.334 e. The highest BCUT2D eigenvalue weighted by Crippen LogP contribution is 2.35. The van der Waals surface area contributed by atoms with Crippen molar-refractivity contribution in [3.05, 3.63) is 29.6 Å². The third-order valence-electron chi connectivity index (χ3n) is 4.72. The Morgan fingerprint density at radius 3 is 2.71 bits per heavy atom. The number of hydrogen-bond acceptors (Lipinski definition) is 4. The van der Waals surface area contributed by atoms with E-state index >= 15 is 0 Å². The van der Waals surface area contributed by atoms with Crippen LogP contribution in [0.2, 0.25) is 0 Å². The predicted molar refractivity (Wildman–Crippen MR) is 87.3 cm³/mol. The van der Waals surface area contributed by atoms with Crippen LogP contribution < -0.4 is 0 Å². The van der Waals surface area contributed by atoms with E-state index in [-0.39, 0.29) is 31.0 Å². The van der Waals surface area contributed by atoms with Crippen LogP contribution in [0, 0.1) is 6.92 Å². The van der Waals surface area contributed by atoms with E-state index in [2.05, 4.69) is 4.98 Å². The Bertz CT molecular complexity index is 616. The van der Waals surface area contributed by atoms with Gasteiger partial charge in [-0.25, -0.2) is 13.8 Å². The zero-order valence-electron chi connectivity index (χ0n) is 14.4. The van der Waals surface area contributed by atoms with Gasteiger partial charge in [0.15, 0.2) is 0 Å². The van der Waals surface area contributed by atoms with Crippen LogP contribution in [0.3, 0.4) is 0 Å². The highest BCUT2D eigenvalue weighted by molar-refractivity contribution is 5.93. The summed E-state index contributed by atoms with van der Waals surface area (Å²) in [6, 6.07) is 5.20. The summed E-state index contributed by atoms with van der Waals surface area (Å²) >= 11 is 0. The molecule has 7 heteroatoms. The molecule has 0 spiro atoms. The molecule has 5 nitrogen and oxygen atoms in total. The highest BCUT2D eigenvalue weighted by Gasteiger charge is 2.50. The van der Waals surface area contributed by atoms with Crippen molar-refractivity contribution >= 4 is 5.91 Å². The van der Waals surface area contributed by atoms with E-state index in [0.717, 1.165) is 5.69 Å². The Kier molecular flexibility index (Phi) is 4.57. The van der Waals surface area contributed by atoms with Crippen molar-refractivity contribution < 1.29 is 13.6 Å². The molecule has 1 aromatic rings. The molecule has 1 atom stereocenters. The Morgan fingerprint density at radius 1 is 1.38 bits per heavy atom. The molecule has 0 aromatic carbocycles. The van der Waals surface area contributed by atoms with Gasteiger partial charge in [0.05, 0.1) is 6.54 Å². The summed E-state index contributed by atoms with van der Waals surface area (Å²) in [6.45, 7) is 3.23. The molecule has 3 heterocycles. The number of nitrogens with zero attached hydrogens (tertiary/aromatic N) is 4. The number of hydrogen-bond donors (Lipinski definition) is 0. The monoisotopic (exact) mass is 338 g/mol. The van der Waals surface area contributed by atoms with Crippen LogP contribution in [0.4, 0.5) is 8.78 Å².